The number of methoxy groups -OCH3 is 1. The molecule has 0 aliphatic carbocycles. The first-order chi connectivity index (χ1) is 8.72. The largest absolute Gasteiger partial charge is 0.383 e. The minimum atomic E-state index is -0.117. The average Bonchev–Trinajstić information content (AvgIpc) is 2.41. The summed E-state index contributed by atoms with van der Waals surface area (Å²) < 4.78 is 4.89. The number of amides is 1. The smallest absolute Gasteiger partial charge is 0.253 e. The van der Waals surface area contributed by atoms with E-state index in [9.17, 15) is 4.79 Å². The number of anilines is 1. The summed E-state index contributed by atoms with van der Waals surface area (Å²) in [6.45, 7) is 6.96. The molecule has 0 aliphatic rings. The third-order valence-electron chi connectivity index (χ3n) is 2.71. The van der Waals surface area contributed by atoms with Gasteiger partial charge in [-0.05, 0) is 19.9 Å². The van der Waals surface area contributed by atoms with Crippen LogP contribution in [0, 0.1) is 0 Å². The van der Waals surface area contributed by atoms with E-state index in [4.69, 9.17) is 4.74 Å². The number of rotatable bonds is 7. The molecule has 0 radical (unpaired) electrons. The molecule has 0 atom stereocenters. The van der Waals surface area contributed by atoms with Crippen molar-refractivity contribution in [2.75, 3.05) is 38.3 Å². The molecule has 0 aliphatic heterocycles. The topological polar surface area (TPSA) is 54.5 Å². The Labute approximate surface area is 108 Å². The summed E-state index contributed by atoms with van der Waals surface area (Å²) in [4.78, 5) is 18.1. The maximum atomic E-state index is 11.8. The van der Waals surface area contributed by atoms with Crippen molar-refractivity contribution >= 4 is 11.6 Å². The quantitative estimate of drug-likeness (QED) is 0.742. The van der Waals surface area contributed by atoms with Crippen LogP contribution in [-0.4, -0.2) is 44.2 Å². The number of ether oxygens (including phenoxy) is 1. The van der Waals surface area contributed by atoms with E-state index in [-0.39, 0.29) is 5.91 Å². The summed E-state index contributed by atoms with van der Waals surface area (Å²) in [7, 11) is 1.61. The number of hydrogen-bond donors (Lipinski definition) is 1. The molecule has 0 aromatic carbocycles. The minimum Gasteiger partial charge on any atom is -0.383 e. The zero-order valence-electron chi connectivity index (χ0n) is 11.3. The predicted molar refractivity (Wildman–Crippen MR) is 72.0 cm³/mol. The van der Waals surface area contributed by atoms with Crippen LogP contribution in [0.4, 0.5) is 5.69 Å². The van der Waals surface area contributed by atoms with Gasteiger partial charge in [-0.15, -0.1) is 0 Å². The lowest BCUT2D eigenvalue weighted by Crippen LogP contribution is -2.28. The van der Waals surface area contributed by atoms with Crippen LogP contribution in [0.1, 0.15) is 24.2 Å². The molecule has 0 unspecified atom stereocenters. The molecule has 0 spiro atoms. The lowest BCUT2D eigenvalue weighted by molar-refractivity contribution is 0.0937. The summed E-state index contributed by atoms with van der Waals surface area (Å²) in [6, 6.07) is 1.86. The first-order valence-corrected chi connectivity index (χ1v) is 6.20. The molecule has 1 aromatic rings. The van der Waals surface area contributed by atoms with Gasteiger partial charge in [0, 0.05) is 32.9 Å². The molecule has 1 aromatic heterocycles. The summed E-state index contributed by atoms with van der Waals surface area (Å²) in [5.41, 5.74) is 1.55. The lowest BCUT2D eigenvalue weighted by Gasteiger charge is -2.20. The average molecular weight is 251 g/mol. The van der Waals surface area contributed by atoms with Crippen LogP contribution in [0.5, 0.6) is 0 Å². The van der Waals surface area contributed by atoms with Crippen molar-refractivity contribution in [3.05, 3.63) is 24.0 Å². The SMILES string of the molecule is CCN(CC)c1cncc(C(=O)NCCOC)c1. The van der Waals surface area contributed by atoms with Gasteiger partial charge in [0.2, 0.25) is 0 Å². The Hall–Kier alpha value is -1.62. The Balaban J connectivity index is 2.72. The third-order valence-corrected chi connectivity index (χ3v) is 2.71. The van der Waals surface area contributed by atoms with E-state index in [0.717, 1.165) is 18.8 Å². The van der Waals surface area contributed by atoms with Gasteiger partial charge in [0.15, 0.2) is 0 Å². The molecule has 0 bridgehead atoms. The van der Waals surface area contributed by atoms with Gasteiger partial charge in [0.05, 0.1) is 24.1 Å². The van der Waals surface area contributed by atoms with Crippen LogP contribution in [0.2, 0.25) is 0 Å². The number of aromatic nitrogens is 1. The van der Waals surface area contributed by atoms with Crippen molar-refractivity contribution in [2.45, 2.75) is 13.8 Å². The van der Waals surface area contributed by atoms with Gasteiger partial charge in [0.1, 0.15) is 0 Å². The Bertz CT molecular complexity index is 378. The standard InChI is InChI=1S/C13H21N3O2/c1-4-16(5-2)12-8-11(9-14-10-12)13(17)15-6-7-18-3/h8-10H,4-7H2,1-3H3,(H,15,17). The monoisotopic (exact) mass is 251 g/mol. The van der Waals surface area contributed by atoms with Gasteiger partial charge in [-0.2, -0.15) is 0 Å². The van der Waals surface area contributed by atoms with E-state index in [0.29, 0.717) is 18.7 Å². The fourth-order valence-corrected chi connectivity index (χ4v) is 1.68. The second-order valence-electron chi connectivity index (χ2n) is 3.85. The Morgan fingerprint density at radius 3 is 2.72 bits per heavy atom. The molecular formula is C13H21N3O2. The summed E-state index contributed by atoms with van der Waals surface area (Å²) in [5.74, 6) is -0.117. The highest BCUT2D eigenvalue weighted by molar-refractivity contribution is 5.94. The van der Waals surface area contributed by atoms with Gasteiger partial charge in [-0.1, -0.05) is 0 Å². The number of carbonyl (C=O) groups is 1. The number of nitrogens with one attached hydrogen (secondary N) is 1. The molecule has 0 saturated heterocycles. The van der Waals surface area contributed by atoms with Crippen LogP contribution in [-0.2, 0) is 4.74 Å². The van der Waals surface area contributed by atoms with Crippen molar-refractivity contribution in [1.29, 1.82) is 0 Å². The highest BCUT2D eigenvalue weighted by Gasteiger charge is 2.08. The number of nitrogens with zero attached hydrogens (tertiary/aromatic N) is 2. The van der Waals surface area contributed by atoms with Crippen molar-refractivity contribution < 1.29 is 9.53 Å². The van der Waals surface area contributed by atoms with Gasteiger partial charge < -0.3 is 15.0 Å². The Morgan fingerprint density at radius 1 is 1.39 bits per heavy atom. The van der Waals surface area contributed by atoms with Crippen LogP contribution in [0.25, 0.3) is 0 Å². The van der Waals surface area contributed by atoms with Crippen LogP contribution in [0.15, 0.2) is 18.5 Å². The molecule has 5 nitrogen and oxygen atoms in total. The molecule has 1 N–H and O–H groups in total. The zero-order valence-corrected chi connectivity index (χ0v) is 11.3. The van der Waals surface area contributed by atoms with Crippen molar-refractivity contribution in [2.24, 2.45) is 0 Å². The van der Waals surface area contributed by atoms with E-state index < -0.39 is 0 Å². The molecule has 18 heavy (non-hydrogen) atoms. The van der Waals surface area contributed by atoms with Gasteiger partial charge in [-0.3, -0.25) is 9.78 Å². The molecule has 1 amide bonds. The maximum Gasteiger partial charge on any atom is 0.253 e. The molecule has 1 heterocycles. The van der Waals surface area contributed by atoms with E-state index in [1.807, 2.05) is 6.07 Å². The molecular weight excluding hydrogens is 230 g/mol. The normalized spacial score (nSPS) is 10.2. The molecule has 0 saturated carbocycles. The van der Waals surface area contributed by atoms with E-state index in [1.54, 1.807) is 19.5 Å². The fraction of sp³-hybridized carbons (Fsp3) is 0.538. The van der Waals surface area contributed by atoms with Gasteiger partial charge in [0.25, 0.3) is 5.91 Å². The first-order valence-electron chi connectivity index (χ1n) is 6.20. The number of carbonyl (C=O) groups excluding carboxylic acids is 1. The molecule has 0 fully saturated rings. The van der Waals surface area contributed by atoms with Crippen molar-refractivity contribution in [3.8, 4) is 0 Å². The number of pyridine rings is 1. The fourth-order valence-electron chi connectivity index (χ4n) is 1.68. The molecule has 100 valence electrons. The van der Waals surface area contributed by atoms with Crippen LogP contribution < -0.4 is 10.2 Å². The van der Waals surface area contributed by atoms with Crippen molar-refractivity contribution in [1.82, 2.24) is 10.3 Å². The van der Waals surface area contributed by atoms with E-state index >= 15 is 0 Å². The van der Waals surface area contributed by atoms with E-state index in [1.165, 1.54) is 0 Å². The third kappa shape index (κ3) is 4.00. The predicted octanol–water partition coefficient (Wildman–Crippen LogP) is 1.30. The summed E-state index contributed by atoms with van der Waals surface area (Å²) >= 11 is 0. The second kappa shape index (κ2) is 7.66. The maximum absolute atomic E-state index is 11.8. The Kier molecular flexibility index (Phi) is 6.14. The zero-order chi connectivity index (χ0) is 13.4. The van der Waals surface area contributed by atoms with E-state index in [2.05, 4.69) is 29.0 Å². The highest BCUT2D eigenvalue weighted by atomic mass is 16.5. The summed E-state index contributed by atoms with van der Waals surface area (Å²) in [6.07, 6.45) is 3.36. The lowest BCUT2D eigenvalue weighted by atomic mass is 10.2. The van der Waals surface area contributed by atoms with Gasteiger partial charge >= 0.3 is 0 Å². The number of hydrogen-bond acceptors (Lipinski definition) is 4. The van der Waals surface area contributed by atoms with Crippen LogP contribution >= 0.6 is 0 Å². The summed E-state index contributed by atoms with van der Waals surface area (Å²) in [5, 5.41) is 2.78. The van der Waals surface area contributed by atoms with Crippen molar-refractivity contribution in [3.63, 3.8) is 0 Å². The highest BCUT2D eigenvalue weighted by Crippen LogP contribution is 2.13. The first kappa shape index (κ1) is 14.4. The minimum absolute atomic E-state index is 0.117. The second-order valence-corrected chi connectivity index (χ2v) is 3.85. The van der Waals surface area contributed by atoms with Crippen LogP contribution in [0.3, 0.4) is 0 Å². The van der Waals surface area contributed by atoms with Gasteiger partial charge in [-0.25, -0.2) is 0 Å². The molecule has 5 heteroatoms. The Morgan fingerprint density at radius 2 is 2.11 bits per heavy atom. The molecule has 1 rings (SSSR count).